The number of nitrogens with zero attached hydrogens (tertiary/aromatic N) is 1. The van der Waals surface area contributed by atoms with E-state index in [1.807, 2.05) is 41.3 Å². The zero-order valence-electron chi connectivity index (χ0n) is 27.0. The van der Waals surface area contributed by atoms with E-state index in [1.165, 1.54) is 25.3 Å². The van der Waals surface area contributed by atoms with Crippen LogP contribution in [0.15, 0.2) is 42.5 Å². The van der Waals surface area contributed by atoms with Crippen molar-refractivity contribution in [2.24, 2.45) is 5.92 Å². The number of aliphatic hydroxyl groups excluding tert-OH is 2. The third-order valence-corrected chi connectivity index (χ3v) is 14.5. The predicted molar refractivity (Wildman–Crippen MR) is 172 cm³/mol. The second-order valence-electron chi connectivity index (χ2n) is 13.1. The summed E-state index contributed by atoms with van der Waals surface area (Å²) in [6.07, 6.45) is -2.94. The molecule has 6 unspecified atom stereocenters. The van der Waals surface area contributed by atoms with Gasteiger partial charge in [-0.1, -0.05) is 12.1 Å². The average Bonchev–Trinajstić information content (AvgIpc) is 3.53. The number of aliphatic hydroxyl groups is 3. The molecule has 1 fully saturated rings. The number of ketones is 3. The molecule has 7 rings (SSSR count). The number of phenols is 2. The number of phenolic OH excluding ortho intramolecular Hbond substituents is 2. The van der Waals surface area contributed by atoms with E-state index in [0.29, 0.717) is 17.9 Å². The zero-order valence-corrected chi connectivity index (χ0v) is 29.5. The summed E-state index contributed by atoms with van der Waals surface area (Å²) in [6.45, 7) is 0.865. The Labute approximate surface area is 290 Å². The van der Waals surface area contributed by atoms with Crippen LogP contribution in [-0.2, 0) is 16.0 Å². The second-order valence-corrected chi connectivity index (χ2v) is 17.3. The number of benzene rings is 3. The van der Waals surface area contributed by atoms with Crippen LogP contribution in [0, 0.1) is 5.92 Å². The van der Waals surface area contributed by atoms with Crippen molar-refractivity contribution in [2.75, 3.05) is 20.8 Å². The fourth-order valence-corrected chi connectivity index (χ4v) is 11.6. The van der Waals surface area contributed by atoms with Gasteiger partial charge in [-0.2, -0.15) is 0 Å². The number of fused-ring (bicyclic) bond motifs is 4. The van der Waals surface area contributed by atoms with E-state index in [1.54, 1.807) is 0 Å². The molecule has 0 aromatic heterocycles. The first kappa shape index (κ1) is 33.8. The third kappa shape index (κ3) is 5.38. The molecule has 0 amide bonds. The maximum absolute atomic E-state index is 13.9. The molecule has 13 nitrogen and oxygen atoms in total. The van der Waals surface area contributed by atoms with Gasteiger partial charge in [0.25, 0.3) is 0 Å². The molecule has 3 aliphatic carbocycles. The normalized spacial score (nSPS) is 27.4. The molecule has 0 bridgehead atoms. The molecular formula is C35H36NO12Sb. The van der Waals surface area contributed by atoms with Crippen LogP contribution in [0.5, 0.6) is 28.7 Å². The van der Waals surface area contributed by atoms with E-state index < -0.39 is 111 Å². The Morgan fingerprint density at radius 1 is 1.00 bits per heavy atom. The van der Waals surface area contributed by atoms with Gasteiger partial charge in [0.05, 0.1) is 7.11 Å². The van der Waals surface area contributed by atoms with E-state index in [0.717, 1.165) is 0 Å². The number of para-hydroxylation sites is 2. The summed E-state index contributed by atoms with van der Waals surface area (Å²) in [4.78, 5) is 40.6. The summed E-state index contributed by atoms with van der Waals surface area (Å²) >= 11 is -3.02. The van der Waals surface area contributed by atoms with Crippen LogP contribution in [0.1, 0.15) is 75.3 Å². The van der Waals surface area contributed by atoms with Crippen molar-refractivity contribution in [3.05, 3.63) is 75.8 Å². The number of aromatic hydroxyl groups is 2. The Morgan fingerprint density at radius 2 is 1.67 bits per heavy atom. The first-order valence-electron chi connectivity index (χ1n) is 15.9. The van der Waals surface area contributed by atoms with Gasteiger partial charge in [-0.25, -0.2) is 0 Å². The van der Waals surface area contributed by atoms with Crippen molar-refractivity contribution in [2.45, 2.75) is 62.6 Å². The van der Waals surface area contributed by atoms with Gasteiger partial charge < -0.3 is 4.74 Å². The molecule has 3 aromatic rings. The molecule has 6 atom stereocenters. The maximum atomic E-state index is 13.9. The number of methoxy groups -OCH3 is 1. The van der Waals surface area contributed by atoms with Crippen LogP contribution < -0.4 is 10.8 Å². The SMILES string of the molecule is COc1cccc2c1C(=O)c1c(O)c3c(c(O)c1C2=O)CC(O)(C(=O)CO)CC3OC1CC(C)C(O)C([N](C)[Sb]2[O]c3ccccc3[O]2)C1. The Bertz CT molecular complexity index is 1860. The third-order valence-electron chi connectivity index (χ3n) is 10.2. The van der Waals surface area contributed by atoms with Crippen LogP contribution in [0.25, 0.3) is 0 Å². The van der Waals surface area contributed by atoms with Crippen LogP contribution in [0.3, 0.4) is 0 Å². The van der Waals surface area contributed by atoms with E-state index in [4.69, 9.17) is 15.5 Å². The van der Waals surface area contributed by atoms with E-state index in [2.05, 4.69) is 0 Å². The van der Waals surface area contributed by atoms with Crippen LogP contribution in [0.2, 0.25) is 0 Å². The summed E-state index contributed by atoms with van der Waals surface area (Å²) in [5.41, 5.74) is -3.39. The molecule has 258 valence electrons. The standard InChI is InChI=1S/C29H32NO10.C6H6O2.Sb/c1-12-7-13(8-16(30-2)24(12)33)40-18-10-29(38,19(32)11-31)9-15-21(18)28(37)23-22(26(15)35)25(34)14-5-4-6-17(39-3)20(14)27(23)36;7-5-3-1-2-4-6(5)8;/h4-6,12-13,16,18,24,31,33,35,37-38H,7-11H2,1-3H3;1-4,7-8H;/q-1;;+3/p-2. The number of likely N-dealkylation sites (N-methyl/N-ethyl adjacent to an activating group) is 1. The van der Waals surface area contributed by atoms with Crippen molar-refractivity contribution in [1.82, 2.24) is 3.06 Å². The van der Waals surface area contributed by atoms with Gasteiger partial charge in [0, 0.05) is 0 Å². The molecule has 0 spiro atoms. The van der Waals surface area contributed by atoms with E-state index >= 15 is 0 Å². The van der Waals surface area contributed by atoms with Gasteiger partial charge in [0.1, 0.15) is 0 Å². The van der Waals surface area contributed by atoms with Gasteiger partial charge in [-0.15, -0.1) is 0 Å². The van der Waals surface area contributed by atoms with Gasteiger partial charge in [-0.3, -0.25) is 0 Å². The minimum absolute atomic E-state index is 0.0369. The molecule has 0 radical (unpaired) electrons. The van der Waals surface area contributed by atoms with E-state index in [9.17, 15) is 39.9 Å². The predicted octanol–water partition coefficient (Wildman–Crippen LogP) is 2.09. The van der Waals surface area contributed by atoms with Gasteiger partial charge >= 0.3 is 261 Å². The molecule has 5 N–H and O–H groups in total. The first-order valence-corrected chi connectivity index (χ1v) is 19.2. The minimum atomic E-state index is -3.02. The zero-order chi connectivity index (χ0) is 34.9. The molecule has 1 aliphatic heterocycles. The summed E-state index contributed by atoms with van der Waals surface area (Å²) in [6, 6.07) is 11.3. The summed E-state index contributed by atoms with van der Waals surface area (Å²) in [7, 11) is 3.17. The van der Waals surface area contributed by atoms with Gasteiger partial charge in [-0.05, 0) is 6.07 Å². The van der Waals surface area contributed by atoms with Crippen LogP contribution in [-0.4, -0.2) is 112 Å². The molecule has 0 saturated heterocycles. The fourth-order valence-electron chi connectivity index (χ4n) is 7.59. The molecule has 14 heteroatoms. The number of Topliss-reactive ketones (excluding diaryl/α,β-unsaturated/α-hetero) is 1. The second kappa shape index (κ2) is 12.6. The van der Waals surface area contributed by atoms with Crippen molar-refractivity contribution in [3.8, 4) is 28.7 Å². The first-order chi connectivity index (χ1) is 23.4. The molecule has 49 heavy (non-hydrogen) atoms. The average molecular weight is 784 g/mol. The Hall–Kier alpha value is -3.71. The Morgan fingerprint density at radius 3 is 2.33 bits per heavy atom. The molecule has 1 saturated carbocycles. The topological polar surface area (TPSA) is 193 Å². The number of rotatable bonds is 7. The molecule has 4 aliphatic rings. The molecule has 3 aromatic carbocycles. The Balaban J connectivity index is 1.27. The van der Waals surface area contributed by atoms with Crippen molar-refractivity contribution in [1.29, 1.82) is 0 Å². The molecule has 1 heterocycles. The summed E-state index contributed by atoms with van der Waals surface area (Å²) in [5.74, 6) is -2.58. The number of hydrogen-bond donors (Lipinski definition) is 5. The summed E-state index contributed by atoms with van der Waals surface area (Å²) in [5, 5.41) is 56.1. The number of carbonyl (C=O) groups excluding carboxylic acids is 3. The molecular weight excluding hydrogens is 748 g/mol. The summed E-state index contributed by atoms with van der Waals surface area (Å²) < 4.78 is 26.2. The monoisotopic (exact) mass is 783 g/mol. The van der Waals surface area contributed by atoms with E-state index in [-0.39, 0.29) is 40.3 Å². The van der Waals surface area contributed by atoms with Crippen LogP contribution >= 0.6 is 0 Å². The fraction of sp³-hybridized carbons (Fsp3) is 0.400. The van der Waals surface area contributed by atoms with Crippen molar-refractivity contribution >= 4 is 38.7 Å². The van der Waals surface area contributed by atoms with Gasteiger partial charge in [0.15, 0.2) is 0 Å². The quantitative estimate of drug-likeness (QED) is 0.135. The van der Waals surface area contributed by atoms with Crippen molar-refractivity contribution < 1.29 is 55.4 Å². The number of hydrogen-bond acceptors (Lipinski definition) is 13. The number of ether oxygens (including phenoxy) is 2. The van der Waals surface area contributed by atoms with Crippen LogP contribution in [0.4, 0.5) is 0 Å². The van der Waals surface area contributed by atoms with Crippen molar-refractivity contribution in [3.63, 3.8) is 0 Å². The van der Waals surface area contributed by atoms with Gasteiger partial charge in [0.2, 0.25) is 0 Å². The number of carbonyl (C=O) groups is 3. The Kier molecular flexibility index (Phi) is 8.66.